The maximum absolute atomic E-state index is 12.0. The van der Waals surface area contributed by atoms with E-state index in [2.05, 4.69) is 15.5 Å². The number of carbonyl (C=O) groups excluding carboxylic acids is 1. The van der Waals surface area contributed by atoms with Crippen LogP contribution in [0.2, 0.25) is 0 Å². The van der Waals surface area contributed by atoms with Crippen LogP contribution in [-0.2, 0) is 4.79 Å². The Kier molecular flexibility index (Phi) is 5.11. The molecule has 7 heteroatoms. The third kappa shape index (κ3) is 4.25. The third-order valence-corrected chi connectivity index (χ3v) is 4.22. The number of aryl methyl sites for hydroxylation is 1. The standard InChI is InChI=1S/C18H14N4O2S/c1-12-4-2-3-5-15(12)17-21-22-18(24-17)25-11-16(23)20-14-8-6-13(10-19)7-9-14/h2-9H,11H2,1H3,(H,20,23). The first-order valence-electron chi connectivity index (χ1n) is 7.48. The molecule has 124 valence electrons. The van der Waals surface area contributed by atoms with Gasteiger partial charge in [0.25, 0.3) is 5.22 Å². The normalized spacial score (nSPS) is 10.2. The molecule has 0 aliphatic rings. The van der Waals surface area contributed by atoms with Crippen molar-refractivity contribution in [3.05, 3.63) is 59.7 Å². The van der Waals surface area contributed by atoms with Gasteiger partial charge in [0.1, 0.15) is 0 Å². The smallest absolute Gasteiger partial charge is 0.277 e. The highest BCUT2D eigenvalue weighted by Crippen LogP contribution is 2.25. The van der Waals surface area contributed by atoms with Crippen molar-refractivity contribution in [3.8, 4) is 17.5 Å². The fraction of sp³-hybridized carbons (Fsp3) is 0.111. The summed E-state index contributed by atoms with van der Waals surface area (Å²) in [6.45, 7) is 1.97. The molecule has 1 heterocycles. The lowest BCUT2D eigenvalue weighted by Crippen LogP contribution is -2.13. The van der Waals surface area contributed by atoms with Crippen LogP contribution in [0.3, 0.4) is 0 Å². The van der Waals surface area contributed by atoms with E-state index in [1.165, 1.54) is 11.8 Å². The first-order valence-corrected chi connectivity index (χ1v) is 8.46. The fourth-order valence-electron chi connectivity index (χ4n) is 2.14. The first kappa shape index (κ1) is 16.7. The molecule has 0 radical (unpaired) electrons. The van der Waals surface area contributed by atoms with Crippen molar-refractivity contribution in [1.82, 2.24) is 10.2 Å². The van der Waals surface area contributed by atoms with E-state index < -0.39 is 0 Å². The number of benzene rings is 2. The summed E-state index contributed by atoms with van der Waals surface area (Å²) in [4.78, 5) is 12.0. The van der Waals surface area contributed by atoms with Crippen LogP contribution in [0.1, 0.15) is 11.1 Å². The minimum atomic E-state index is -0.189. The summed E-state index contributed by atoms with van der Waals surface area (Å²) in [5.41, 5.74) is 3.10. The first-order chi connectivity index (χ1) is 12.2. The monoisotopic (exact) mass is 350 g/mol. The van der Waals surface area contributed by atoms with Crippen LogP contribution in [0.5, 0.6) is 0 Å². The number of aromatic nitrogens is 2. The topological polar surface area (TPSA) is 91.8 Å². The Morgan fingerprint density at radius 3 is 2.68 bits per heavy atom. The molecule has 0 spiro atoms. The highest BCUT2D eigenvalue weighted by Gasteiger charge is 2.12. The fourth-order valence-corrected chi connectivity index (χ4v) is 2.71. The van der Waals surface area contributed by atoms with Gasteiger partial charge in [-0.3, -0.25) is 4.79 Å². The van der Waals surface area contributed by atoms with E-state index in [-0.39, 0.29) is 11.7 Å². The Morgan fingerprint density at radius 1 is 1.20 bits per heavy atom. The van der Waals surface area contributed by atoms with Gasteiger partial charge < -0.3 is 9.73 Å². The average molecular weight is 350 g/mol. The van der Waals surface area contributed by atoms with Crippen LogP contribution in [0.15, 0.2) is 58.2 Å². The Labute approximate surface area is 148 Å². The number of hydrogen-bond donors (Lipinski definition) is 1. The van der Waals surface area contributed by atoms with Crippen molar-refractivity contribution >= 4 is 23.4 Å². The second kappa shape index (κ2) is 7.64. The minimum Gasteiger partial charge on any atom is -0.411 e. The van der Waals surface area contributed by atoms with Crippen molar-refractivity contribution in [2.45, 2.75) is 12.1 Å². The highest BCUT2D eigenvalue weighted by atomic mass is 32.2. The summed E-state index contributed by atoms with van der Waals surface area (Å²) >= 11 is 1.17. The van der Waals surface area contributed by atoms with E-state index in [0.717, 1.165) is 11.1 Å². The molecule has 6 nitrogen and oxygen atoms in total. The SMILES string of the molecule is Cc1ccccc1-c1nnc(SCC(=O)Nc2ccc(C#N)cc2)o1. The van der Waals surface area contributed by atoms with Gasteiger partial charge in [0, 0.05) is 11.3 Å². The molecule has 0 atom stereocenters. The van der Waals surface area contributed by atoms with Crippen molar-refractivity contribution in [1.29, 1.82) is 5.26 Å². The van der Waals surface area contributed by atoms with Crippen molar-refractivity contribution in [3.63, 3.8) is 0 Å². The maximum atomic E-state index is 12.0. The van der Waals surface area contributed by atoms with E-state index in [9.17, 15) is 4.79 Å². The number of rotatable bonds is 5. The molecule has 3 aromatic rings. The lowest BCUT2D eigenvalue weighted by molar-refractivity contribution is -0.113. The largest absolute Gasteiger partial charge is 0.411 e. The zero-order chi connectivity index (χ0) is 17.6. The third-order valence-electron chi connectivity index (χ3n) is 3.41. The average Bonchev–Trinajstić information content (AvgIpc) is 3.10. The van der Waals surface area contributed by atoms with Crippen molar-refractivity contribution in [2.24, 2.45) is 0 Å². The molecule has 2 aromatic carbocycles. The zero-order valence-electron chi connectivity index (χ0n) is 13.4. The Morgan fingerprint density at radius 2 is 1.96 bits per heavy atom. The van der Waals surface area contributed by atoms with E-state index in [0.29, 0.717) is 22.4 Å². The molecule has 0 saturated heterocycles. The van der Waals surface area contributed by atoms with Crippen LogP contribution >= 0.6 is 11.8 Å². The molecule has 0 fully saturated rings. The summed E-state index contributed by atoms with van der Waals surface area (Å²) in [5.74, 6) is 0.397. The summed E-state index contributed by atoms with van der Waals surface area (Å²) in [6, 6.07) is 16.4. The summed E-state index contributed by atoms with van der Waals surface area (Å²) in [5, 5.41) is 19.8. The van der Waals surface area contributed by atoms with Crippen molar-refractivity contribution < 1.29 is 9.21 Å². The van der Waals surface area contributed by atoms with E-state index in [4.69, 9.17) is 9.68 Å². The Hall–Kier alpha value is -3.11. The number of nitrogens with zero attached hydrogens (tertiary/aromatic N) is 3. The number of nitriles is 1. The molecule has 0 saturated carbocycles. The van der Waals surface area contributed by atoms with E-state index in [1.54, 1.807) is 24.3 Å². The summed E-state index contributed by atoms with van der Waals surface area (Å²) in [6.07, 6.45) is 0. The zero-order valence-corrected chi connectivity index (χ0v) is 14.2. The minimum absolute atomic E-state index is 0.148. The molecule has 1 aromatic heterocycles. The lowest BCUT2D eigenvalue weighted by atomic mass is 10.1. The Bertz CT molecular complexity index is 929. The second-order valence-corrected chi connectivity index (χ2v) is 6.14. The predicted octanol–water partition coefficient (Wildman–Crippen LogP) is 3.65. The van der Waals surface area contributed by atoms with Gasteiger partial charge in [0.05, 0.1) is 17.4 Å². The molecule has 1 amide bonds. The van der Waals surface area contributed by atoms with Gasteiger partial charge in [-0.2, -0.15) is 5.26 Å². The predicted molar refractivity (Wildman–Crippen MR) is 95.0 cm³/mol. The van der Waals surface area contributed by atoms with Gasteiger partial charge in [-0.05, 0) is 42.8 Å². The highest BCUT2D eigenvalue weighted by molar-refractivity contribution is 7.99. The summed E-state index contributed by atoms with van der Waals surface area (Å²) < 4.78 is 5.61. The molecule has 0 aliphatic carbocycles. The second-order valence-electron chi connectivity index (χ2n) is 5.21. The molecular formula is C18H14N4O2S. The van der Waals surface area contributed by atoms with Gasteiger partial charge in [0.15, 0.2) is 0 Å². The van der Waals surface area contributed by atoms with Gasteiger partial charge in [0.2, 0.25) is 11.8 Å². The molecule has 0 aliphatic heterocycles. The number of carbonyl (C=O) groups is 1. The van der Waals surface area contributed by atoms with Gasteiger partial charge in [-0.1, -0.05) is 30.0 Å². The van der Waals surface area contributed by atoms with Crippen LogP contribution in [0.4, 0.5) is 5.69 Å². The summed E-state index contributed by atoms with van der Waals surface area (Å²) in [7, 11) is 0. The van der Waals surface area contributed by atoms with E-state index in [1.807, 2.05) is 37.3 Å². The molecule has 25 heavy (non-hydrogen) atoms. The number of anilines is 1. The molecule has 3 rings (SSSR count). The van der Waals surface area contributed by atoms with E-state index >= 15 is 0 Å². The number of thioether (sulfide) groups is 1. The number of hydrogen-bond acceptors (Lipinski definition) is 6. The molecule has 0 bridgehead atoms. The van der Waals surface area contributed by atoms with Gasteiger partial charge in [-0.25, -0.2) is 0 Å². The van der Waals surface area contributed by atoms with Crippen LogP contribution < -0.4 is 5.32 Å². The maximum Gasteiger partial charge on any atom is 0.277 e. The Balaban J connectivity index is 1.57. The number of amides is 1. The lowest BCUT2D eigenvalue weighted by Gasteiger charge is -2.03. The molecule has 0 unspecified atom stereocenters. The molecular weight excluding hydrogens is 336 g/mol. The van der Waals surface area contributed by atoms with Gasteiger partial charge in [-0.15, -0.1) is 10.2 Å². The van der Waals surface area contributed by atoms with Crippen LogP contribution in [0, 0.1) is 18.3 Å². The number of nitrogens with one attached hydrogen (secondary N) is 1. The van der Waals surface area contributed by atoms with Crippen LogP contribution in [-0.4, -0.2) is 21.9 Å². The van der Waals surface area contributed by atoms with Crippen molar-refractivity contribution in [2.75, 3.05) is 11.1 Å². The molecule has 1 N–H and O–H groups in total. The van der Waals surface area contributed by atoms with Crippen LogP contribution in [0.25, 0.3) is 11.5 Å². The quantitative estimate of drug-likeness (QED) is 0.706. The van der Waals surface area contributed by atoms with Gasteiger partial charge >= 0.3 is 0 Å².